The Kier molecular flexibility index (Phi) is 5.62. The number of halogens is 1. The molecule has 1 aliphatic carbocycles. The molecule has 1 atom stereocenters. The molecule has 4 nitrogen and oxygen atoms in total. The summed E-state index contributed by atoms with van der Waals surface area (Å²) in [5, 5.41) is 0. The van der Waals surface area contributed by atoms with Gasteiger partial charge in [-0.3, -0.25) is 0 Å². The minimum Gasteiger partial charge on any atom is -0.443 e. The number of carbonyl (C=O) groups is 1. The monoisotopic (exact) mass is 426 g/mol. The van der Waals surface area contributed by atoms with Crippen molar-refractivity contribution in [2.24, 2.45) is 0 Å². The molecule has 6 heteroatoms. The molecule has 0 bridgehead atoms. The number of imidazole rings is 1. The van der Waals surface area contributed by atoms with E-state index < -0.39 is 17.5 Å². The van der Waals surface area contributed by atoms with Crippen molar-refractivity contribution in [1.82, 2.24) is 9.55 Å². The average Bonchev–Trinajstić information content (AvgIpc) is 3.10. The highest BCUT2D eigenvalue weighted by Crippen LogP contribution is 2.39. The second-order valence-corrected chi connectivity index (χ2v) is 9.94. The first-order valence-electron chi connectivity index (χ1n) is 10.5. The minimum absolute atomic E-state index is 0.403. The zero-order chi connectivity index (χ0) is 21.5. The fraction of sp³-hybridized carbons (Fsp3) is 0.417. The molecule has 0 radical (unpaired) electrons. The maximum Gasteiger partial charge on any atom is 0.420 e. The predicted octanol–water partition coefficient (Wildman–Crippen LogP) is 6.94. The van der Waals surface area contributed by atoms with Crippen molar-refractivity contribution < 1.29 is 13.9 Å². The number of hydrogen-bond acceptors (Lipinski definition) is 4. The SMILES string of the molecule is CC[C@@H]1CCCc2cc(Sc3cc(F)cc4c3ncn4C(=O)OC(C)(C)C)ccc21. The zero-order valence-corrected chi connectivity index (χ0v) is 18.7. The lowest BCUT2D eigenvalue weighted by atomic mass is 9.81. The van der Waals surface area contributed by atoms with E-state index in [1.54, 1.807) is 20.8 Å². The first-order chi connectivity index (χ1) is 14.2. The van der Waals surface area contributed by atoms with E-state index in [2.05, 4.69) is 30.1 Å². The van der Waals surface area contributed by atoms with Crippen molar-refractivity contribution in [2.45, 2.75) is 74.7 Å². The van der Waals surface area contributed by atoms with Crippen LogP contribution >= 0.6 is 11.8 Å². The largest absolute Gasteiger partial charge is 0.443 e. The molecule has 30 heavy (non-hydrogen) atoms. The third kappa shape index (κ3) is 4.24. The Balaban J connectivity index is 1.68. The van der Waals surface area contributed by atoms with E-state index in [1.807, 2.05) is 0 Å². The second kappa shape index (κ2) is 8.06. The number of hydrogen-bond donors (Lipinski definition) is 0. The molecule has 4 rings (SSSR count). The Hall–Kier alpha value is -2.34. The van der Waals surface area contributed by atoms with Crippen LogP contribution in [0.4, 0.5) is 9.18 Å². The number of carbonyl (C=O) groups excluding carboxylic acids is 1. The summed E-state index contributed by atoms with van der Waals surface area (Å²) in [7, 11) is 0. The van der Waals surface area contributed by atoms with Crippen molar-refractivity contribution in [3.8, 4) is 0 Å². The molecule has 1 heterocycles. The Bertz CT molecular complexity index is 1100. The lowest BCUT2D eigenvalue weighted by Crippen LogP contribution is -2.26. The molecule has 158 valence electrons. The number of benzene rings is 2. The standard InChI is InChI=1S/C24H27FN2O2S/c1-5-15-7-6-8-16-11-18(9-10-19(15)16)30-21-13-17(25)12-20-22(21)26-14-27(20)23(28)29-24(2,3)4/h9-15H,5-8H2,1-4H3/t15-/m1/s1. The highest BCUT2D eigenvalue weighted by molar-refractivity contribution is 7.99. The zero-order valence-electron chi connectivity index (χ0n) is 17.9. The third-order valence-corrected chi connectivity index (χ3v) is 6.47. The van der Waals surface area contributed by atoms with Crippen LogP contribution in [0, 0.1) is 5.82 Å². The van der Waals surface area contributed by atoms with Gasteiger partial charge in [0.15, 0.2) is 0 Å². The van der Waals surface area contributed by atoms with E-state index in [0.717, 1.165) is 17.7 Å². The lowest BCUT2D eigenvalue weighted by molar-refractivity contribution is 0.0543. The van der Waals surface area contributed by atoms with Crippen LogP contribution < -0.4 is 0 Å². The fourth-order valence-corrected chi connectivity index (χ4v) is 5.11. The Morgan fingerprint density at radius 2 is 2.10 bits per heavy atom. The minimum atomic E-state index is -0.641. The summed E-state index contributed by atoms with van der Waals surface area (Å²) in [5.74, 6) is 0.234. The van der Waals surface area contributed by atoms with Gasteiger partial charge in [-0.2, -0.15) is 0 Å². The van der Waals surface area contributed by atoms with E-state index in [9.17, 15) is 9.18 Å². The van der Waals surface area contributed by atoms with E-state index in [1.165, 1.54) is 58.8 Å². The van der Waals surface area contributed by atoms with Crippen molar-refractivity contribution >= 4 is 28.9 Å². The highest BCUT2D eigenvalue weighted by atomic mass is 32.2. The number of aromatic nitrogens is 2. The van der Waals surface area contributed by atoms with Crippen LogP contribution in [0.15, 0.2) is 46.5 Å². The first kappa shape index (κ1) is 20.9. The van der Waals surface area contributed by atoms with Crippen LogP contribution in [0.25, 0.3) is 11.0 Å². The number of rotatable bonds is 3. The normalized spacial score (nSPS) is 16.5. The van der Waals surface area contributed by atoms with Crippen molar-refractivity contribution in [2.75, 3.05) is 0 Å². The van der Waals surface area contributed by atoms with Gasteiger partial charge in [-0.05, 0) is 81.7 Å². The van der Waals surface area contributed by atoms with Crippen LogP contribution in [0.5, 0.6) is 0 Å². The molecule has 0 saturated carbocycles. The van der Waals surface area contributed by atoms with Crippen LogP contribution in [0.1, 0.15) is 64.0 Å². The molecule has 0 N–H and O–H groups in total. The summed E-state index contributed by atoms with van der Waals surface area (Å²) < 4.78 is 21.1. The molecular weight excluding hydrogens is 399 g/mol. The topological polar surface area (TPSA) is 44.1 Å². The van der Waals surface area contributed by atoms with Crippen LogP contribution in [0.2, 0.25) is 0 Å². The van der Waals surface area contributed by atoms with E-state index in [4.69, 9.17) is 4.74 Å². The van der Waals surface area contributed by atoms with Gasteiger partial charge in [-0.1, -0.05) is 24.8 Å². The molecule has 0 amide bonds. The maximum atomic E-state index is 14.4. The van der Waals surface area contributed by atoms with Crippen LogP contribution in [-0.2, 0) is 11.2 Å². The number of ether oxygens (including phenoxy) is 1. The van der Waals surface area contributed by atoms with Crippen molar-refractivity contribution in [1.29, 1.82) is 0 Å². The van der Waals surface area contributed by atoms with Gasteiger partial charge in [-0.15, -0.1) is 0 Å². The molecule has 3 aromatic rings. The number of nitrogens with zero attached hydrogens (tertiary/aromatic N) is 2. The Morgan fingerprint density at radius 3 is 2.83 bits per heavy atom. The molecule has 0 saturated heterocycles. The summed E-state index contributed by atoms with van der Waals surface area (Å²) in [4.78, 5) is 18.7. The van der Waals surface area contributed by atoms with Gasteiger partial charge in [0, 0.05) is 15.9 Å². The molecule has 0 spiro atoms. The van der Waals surface area contributed by atoms with E-state index >= 15 is 0 Å². The van der Waals surface area contributed by atoms with Crippen LogP contribution in [-0.4, -0.2) is 21.2 Å². The molecule has 0 aliphatic heterocycles. The highest BCUT2D eigenvalue weighted by Gasteiger charge is 2.22. The van der Waals surface area contributed by atoms with Gasteiger partial charge >= 0.3 is 6.09 Å². The van der Waals surface area contributed by atoms with Crippen LogP contribution in [0.3, 0.4) is 0 Å². The molecule has 0 unspecified atom stereocenters. The maximum absolute atomic E-state index is 14.4. The lowest BCUT2D eigenvalue weighted by Gasteiger charge is -2.25. The van der Waals surface area contributed by atoms with Crippen molar-refractivity contribution in [3.05, 3.63) is 53.6 Å². The van der Waals surface area contributed by atoms with E-state index in [-0.39, 0.29) is 0 Å². The van der Waals surface area contributed by atoms with Gasteiger partial charge in [0.25, 0.3) is 0 Å². The van der Waals surface area contributed by atoms with Gasteiger partial charge in [-0.25, -0.2) is 18.7 Å². The van der Waals surface area contributed by atoms with Gasteiger partial charge in [0.05, 0.1) is 5.52 Å². The quantitative estimate of drug-likeness (QED) is 0.455. The number of aryl methyl sites for hydroxylation is 1. The summed E-state index contributed by atoms with van der Waals surface area (Å²) in [6.07, 6.45) is 5.55. The Morgan fingerprint density at radius 1 is 1.30 bits per heavy atom. The summed E-state index contributed by atoms with van der Waals surface area (Å²) in [6.45, 7) is 7.63. The first-order valence-corrected chi connectivity index (χ1v) is 11.3. The third-order valence-electron chi connectivity index (χ3n) is 5.45. The van der Waals surface area contributed by atoms with Crippen molar-refractivity contribution in [3.63, 3.8) is 0 Å². The predicted molar refractivity (Wildman–Crippen MR) is 118 cm³/mol. The molecular formula is C24H27FN2O2S. The molecule has 1 aliphatic rings. The fourth-order valence-electron chi connectivity index (χ4n) is 4.09. The molecule has 1 aromatic heterocycles. The van der Waals surface area contributed by atoms with Gasteiger partial charge < -0.3 is 4.74 Å². The van der Waals surface area contributed by atoms with Gasteiger partial charge in [0.2, 0.25) is 0 Å². The van der Waals surface area contributed by atoms with Gasteiger partial charge in [0.1, 0.15) is 23.3 Å². The molecule has 0 fully saturated rings. The average molecular weight is 427 g/mol. The second-order valence-electron chi connectivity index (χ2n) is 8.83. The number of fused-ring (bicyclic) bond motifs is 2. The smallest absolute Gasteiger partial charge is 0.420 e. The van der Waals surface area contributed by atoms with E-state index in [0.29, 0.717) is 21.8 Å². The summed E-state index contributed by atoms with van der Waals surface area (Å²) in [6, 6.07) is 9.37. The Labute approximate surface area is 180 Å². The summed E-state index contributed by atoms with van der Waals surface area (Å²) >= 11 is 1.48. The summed E-state index contributed by atoms with van der Waals surface area (Å²) in [5.41, 5.74) is 3.21. The molecule has 2 aromatic carbocycles.